The number of benzene rings is 1. The Morgan fingerprint density at radius 1 is 1.12 bits per heavy atom. The maximum Gasteiger partial charge on any atom is 0.276 e. The molecule has 0 heterocycles. The normalized spacial score (nSPS) is 11.6. The summed E-state index contributed by atoms with van der Waals surface area (Å²) in [5, 5.41) is 0. The molecule has 0 aliphatic heterocycles. The van der Waals surface area contributed by atoms with Gasteiger partial charge in [0.15, 0.2) is 0 Å². The second kappa shape index (κ2) is 6.62. The van der Waals surface area contributed by atoms with Gasteiger partial charge in [-0.2, -0.15) is 8.42 Å². The minimum absolute atomic E-state index is 0.411. The molecule has 0 bridgehead atoms. The van der Waals surface area contributed by atoms with Gasteiger partial charge < -0.3 is 0 Å². The summed E-state index contributed by atoms with van der Waals surface area (Å²) in [6.45, 7) is 2.63. The molecule has 2 N–H and O–H groups in total. The highest BCUT2D eigenvalue weighted by Crippen LogP contribution is 2.01. The summed E-state index contributed by atoms with van der Waals surface area (Å²) >= 11 is 0. The van der Waals surface area contributed by atoms with E-state index in [4.69, 9.17) is 0 Å². The average Bonchev–Trinajstić information content (AvgIpc) is 2.26. The Balaban J connectivity index is 2.22. The minimum Gasteiger partial charge on any atom is -0.203 e. The highest BCUT2D eigenvalue weighted by atomic mass is 32.2. The number of hydrogen-bond acceptors (Lipinski definition) is 2. The molecule has 0 aliphatic carbocycles. The van der Waals surface area contributed by atoms with Gasteiger partial charge in [0.25, 0.3) is 10.2 Å². The van der Waals surface area contributed by atoms with Gasteiger partial charge in [0.05, 0.1) is 0 Å². The number of nitrogens with one attached hydrogen (secondary N) is 2. The van der Waals surface area contributed by atoms with Crippen LogP contribution in [0.25, 0.3) is 0 Å². The first-order chi connectivity index (χ1) is 7.64. The van der Waals surface area contributed by atoms with Crippen LogP contribution in [0.2, 0.25) is 0 Å². The summed E-state index contributed by atoms with van der Waals surface area (Å²) in [7, 11) is -3.29. The van der Waals surface area contributed by atoms with Crippen molar-refractivity contribution in [2.45, 2.75) is 19.8 Å². The van der Waals surface area contributed by atoms with Crippen LogP contribution in [-0.2, 0) is 16.6 Å². The van der Waals surface area contributed by atoms with Crippen molar-refractivity contribution in [2.24, 2.45) is 0 Å². The zero-order chi connectivity index (χ0) is 11.9. The highest BCUT2D eigenvalue weighted by Gasteiger charge is 2.05. The fourth-order valence-corrected chi connectivity index (χ4v) is 2.28. The molecule has 0 unspecified atom stereocenters. The van der Waals surface area contributed by atoms with Crippen LogP contribution < -0.4 is 9.44 Å². The van der Waals surface area contributed by atoms with Crippen LogP contribution in [0.5, 0.6) is 0 Å². The Kier molecular flexibility index (Phi) is 5.45. The quantitative estimate of drug-likeness (QED) is 0.703. The summed E-state index contributed by atoms with van der Waals surface area (Å²) in [6.07, 6.45) is 1.68. The summed E-state index contributed by atoms with van der Waals surface area (Å²) in [5.41, 5.74) is 1.23. The van der Waals surface area contributed by atoms with Crippen molar-refractivity contribution in [3.8, 4) is 0 Å². The zero-order valence-corrected chi connectivity index (χ0v) is 10.3. The summed E-state index contributed by atoms with van der Waals surface area (Å²) in [4.78, 5) is 0. The van der Waals surface area contributed by atoms with Crippen molar-refractivity contribution in [3.05, 3.63) is 35.9 Å². The van der Waals surface area contributed by atoms with Crippen LogP contribution in [0.4, 0.5) is 0 Å². The molecule has 0 aromatic heterocycles. The molecular formula is C11H18N2O2S. The smallest absolute Gasteiger partial charge is 0.203 e. The fraction of sp³-hybridized carbons (Fsp3) is 0.455. The third kappa shape index (κ3) is 5.25. The van der Waals surface area contributed by atoms with E-state index in [9.17, 15) is 8.42 Å². The maximum atomic E-state index is 11.2. The van der Waals surface area contributed by atoms with Gasteiger partial charge in [-0.3, -0.25) is 0 Å². The SMILES string of the molecule is CCNS(=O)(=O)NCCCc1ccccc1. The average molecular weight is 242 g/mol. The number of hydrogen-bond donors (Lipinski definition) is 2. The standard InChI is InChI=1S/C11H18N2O2S/c1-2-12-16(14,15)13-10-6-9-11-7-4-3-5-8-11/h3-5,7-8,12-13H,2,6,9-10H2,1H3. The second-order valence-corrected chi connectivity index (χ2v) is 5.07. The lowest BCUT2D eigenvalue weighted by Crippen LogP contribution is -2.36. The van der Waals surface area contributed by atoms with Gasteiger partial charge in [-0.1, -0.05) is 37.3 Å². The summed E-state index contributed by atoms with van der Waals surface area (Å²) in [5.74, 6) is 0. The van der Waals surface area contributed by atoms with E-state index in [1.54, 1.807) is 6.92 Å². The first-order valence-corrected chi connectivity index (χ1v) is 6.90. The van der Waals surface area contributed by atoms with Crippen molar-refractivity contribution >= 4 is 10.2 Å². The van der Waals surface area contributed by atoms with E-state index in [1.807, 2.05) is 30.3 Å². The Hall–Kier alpha value is -0.910. The van der Waals surface area contributed by atoms with E-state index in [-0.39, 0.29) is 0 Å². The van der Waals surface area contributed by atoms with Gasteiger partial charge in [-0.15, -0.1) is 0 Å². The molecule has 1 rings (SSSR count). The van der Waals surface area contributed by atoms with Gasteiger partial charge in [-0.25, -0.2) is 9.44 Å². The first kappa shape index (κ1) is 13.2. The molecule has 0 saturated heterocycles. The Bertz CT molecular complexity index is 390. The third-order valence-corrected chi connectivity index (χ3v) is 3.36. The molecule has 0 fully saturated rings. The van der Waals surface area contributed by atoms with Gasteiger partial charge >= 0.3 is 0 Å². The van der Waals surface area contributed by atoms with E-state index in [1.165, 1.54) is 5.56 Å². The molecule has 0 amide bonds. The van der Waals surface area contributed by atoms with Crippen molar-refractivity contribution in [2.75, 3.05) is 13.1 Å². The van der Waals surface area contributed by atoms with Crippen molar-refractivity contribution in [1.82, 2.24) is 9.44 Å². The monoisotopic (exact) mass is 242 g/mol. The predicted octanol–water partition coefficient (Wildman–Crippen LogP) is 1.06. The van der Waals surface area contributed by atoms with Crippen LogP contribution in [0.3, 0.4) is 0 Å². The largest absolute Gasteiger partial charge is 0.276 e. The first-order valence-electron chi connectivity index (χ1n) is 5.42. The zero-order valence-electron chi connectivity index (χ0n) is 9.44. The van der Waals surface area contributed by atoms with Gasteiger partial charge in [0.1, 0.15) is 0 Å². The minimum atomic E-state index is -3.29. The molecule has 0 atom stereocenters. The van der Waals surface area contributed by atoms with E-state index in [0.29, 0.717) is 13.1 Å². The molecule has 90 valence electrons. The van der Waals surface area contributed by atoms with Crippen LogP contribution in [-0.4, -0.2) is 21.5 Å². The maximum absolute atomic E-state index is 11.2. The lowest BCUT2D eigenvalue weighted by atomic mass is 10.1. The molecule has 0 spiro atoms. The molecule has 0 saturated carbocycles. The van der Waals surface area contributed by atoms with E-state index in [0.717, 1.165) is 12.8 Å². The molecule has 16 heavy (non-hydrogen) atoms. The van der Waals surface area contributed by atoms with Crippen LogP contribution in [0, 0.1) is 0 Å². The molecular weight excluding hydrogens is 224 g/mol. The van der Waals surface area contributed by atoms with Gasteiger partial charge in [-0.05, 0) is 18.4 Å². The Morgan fingerprint density at radius 3 is 2.44 bits per heavy atom. The van der Waals surface area contributed by atoms with Crippen LogP contribution in [0.1, 0.15) is 18.9 Å². The molecule has 1 aromatic rings. The van der Waals surface area contributed by atoms with E-state index in [2.05, 4.69) is 9.44 Å². The number of aryl methyl sites for hydroxylation is 1. The highest BCUT2D eigenvalue weighted by molar-refractivity contribution is 7.87. The second-order valence-electron chi connectivity index (χ2n) is 3.48. The number of rotatable bonds is 7. The van der Waals surface area contributed by atoms with E-state index < -0.39 is 10.2 Å². The third-order valence-electron chi connectivity index (χ3n) is 2.11. The molecule has 0 radical (unpaired) electrons. The molecule has 1 aromatic carbocycles. The fourth-order valence-electron chi connectivity index (χ4n) is 1.38. The van der Waals surface area contributed by atoms with Crippen molar-refractivity contribution in [3.63, 3.8) is 0 Å². The summed E-state index contributed by atoms with van der Waals surface area (Å²) < 4.78 is 27.3. The Morgan fingerprint density at radius 2 is 1.81 bits per heavy atom. The topological polar surface area (TPSA) is 58.2 Å². The lowest BCUT2D eigenvalue weighted by molar-refractivity contribution is 0.566. The van der Waals surface area contributed by atoms with E-state index >= 15 is 0 Å². The lowest BCUT2D eigenvalue weighted by Gasteiger charge is -2.06. The van der Waals surface area contributed by atoms with Gasteiger partial charge in [0, 0.05) is 13.1 Å². The van der Waals surface area contributed by atoms with Crippen LogP contribution >= 0.6 is 0 Å². The van der Waals surface area contributed by atoms with Crippen LogP contribution in [0.15, 0.2) is 30.3 Å². The molecule has 0 aliphatic rings. The summed E-state index contributed by atoms with van der Waals surface area (Å²) in [6, 6.07) is 10.0. The Labute approximate surface area is 97.3 Å². The van der Waals surface area contributed by atoms with Gasteiger partial charge in [0.2, 0.25) is 0 Å². The predicted molar refractivity (Wildman–Crippen MR) is 65.4 cm³/mol. The van der Waals surface area contributed by atoms with Crippen molar-refractivity contribution < 1.29 is 8.42 Å². The molecule has 4 nitrogen and oxygen atoms in total. The van der Waals surface area contributed by atoms with Crippen molar-refractivity contribution in [1.29, 1.82) is 0 Å². The molecule has 5 heteroatoms.